The van der Waals surface area contributed by atoms with Gasteiger partial charge in [0.2, 0.25) is 4.96 Å². The van der Waals surface area contributed by atoms with Crippen LogP contribution in [0.5, 0.6) is 0 Å². The van der Waals surface area contributed by atoms with Crippen molar-refractivity contribution in [1.29, 1.82) is 0 Å². The number of nitrogens with zero attached hydrogens (tertiary/aromatic N) is 5. The molecule has 0 saturated carbocycles. The summed E-state index contributed by atoms with van der Waals surface area (Å²) in [7, 11) is 0. The van der Waals surface area contributed by atoms with E-state index in [2.05, 4.69) is 34.0 Å². The van der Waals surface area contributed by atoms with E-state index in [9.17, 15) is 0 Å². The molecule has 110 valence electrons. The second-order valence-electron chi connectivity index (χ2n) is 4.66. The fourth-order valence-electron chi connectivity index (χ4n) is 2.15. The van der Waals surface area contributed by atoms with Gasteiger partial charge >= 0.3 is 0 Å². The Morgan fingerprint density at radius 1 is 1.19 bits per heavy atom. The third kappa shape index (κ3) is 2.79. The summed E-state index contributed by atoms with van der Waals surface area (Å²) in [5, 5.41) is 14.6. The van der Waals surface area contributed by atoms with Crippen molar-refractivity contribution in [1.82, 2.24) is 24.7 Å². The molecule has 0 amide bonds. The van der Waals surface area contributed by atoms with Crippen LogP contribution < -0.4 is 0 Å². The number of rotatable bonds is 5. The zero-order chi connectivity index (χ0) is 14.8. The van der Waals surface area contributed by atoms with E-state index in [1.54, 1.807) is 0 Å². The zero-order valence-corrected chi connectivity index (χ0v) is 13.5. The first-order valence-corrected chi connectivity index (χ1v) is 8.10. The van der Waals surface area contributed by atoms with E-state index in [1.165, 1.54) is 11.3 Å². The van der Waals surface area contributed by atoms with Gasteiger partial charge in [0.15, 0.2) is 5.82 Å². The molecule has 2 aromatic heterocycles. The Balaban J connectivity index is 1.98. The zero-order valence-electron chi connectivity index (χ0n) is 12.0. The predicted molar refractivity (Wildman–Crippen MR) is 85.7 cm³/mol. The van der Waals surface area contributed by atoms with Crippen molar-refractivity contribution in [2.75, 3.05) is 13.1 Å². The van der Waals surface area contributed by atoms with Gasteiger partial charge in [-0.25, -0.2) is 0 Å². The topological polar surface area (TPSA) is 46.3 Å². The summed E-state index contributed by atoms with van der Waals surface area (Å²) < 4.78 is 1.82. The molecule has 0 radical (unpaired) electrons. The maximum Gasteiger partial charge on any atom is 0.235 e. The predicted octanol–water partition coefficient (Wildman–Crippen LogP) is 3.35. The van der Waals surface area contributed by atoms with Gasteiger partial charge in [-0.2, -0.15) is 9.61 Å². The van der Waals surface area contributed by atoms with Crippen molar-refractivity contribution >= 4 is 27.9 Å². The highest BCUT2D eigenvalue weighted by Gasteiger charge is 2.15. The Morgan fingerprint density at radius 2 is 1.95 bits per heavy atom. The molecule has 1 aromatic carbocycles. The van der Waals surface area contributed by atoms with E-state index >= 15 is 0 Å². The molecule has 0 aliphatic rings. The highest BCUT2D eigenvalue weighted by atomic mass is 35.5. The number of benzene rings is 1. The molecule has 7 heteroatoms. The molecule has 3 rings (SSSR count). The van der Waals surface area contributed by atoms with Crippen LogP contribution in [-0.2, 0) is 6.54 Å². The normalized spacial score (nSPS) is 11.6. The van der Waals surface area contributed by atoms with E-state index in [1.807, 2.05) is 28.8 Å². The number of fused-ring (bicyclic) bond motifs is 1. The standard InChI is InChI=1S/C14H16ClN5S/c1-3-19(4-2)9-12-16-17-14-20(12)18-13(21-14)10-7-5-6-8-11(10)15/h5-8H,3-4,9H2,1-2H3. The van der Waals surface area contributed by atoms with E-state index in [4.69, 9.17) is 11.6 Å². The van der Waals surface area contributed by atoms with Crippen LogP contribution in [0.2, 0.25) is 5.02 Å². The molecule has 0 fully saturated rings. The maximum absolute atomic E-state index is 6.24. The van der Waals surface area contributed by atoms with Crippen molar-refractivity contribution < 1.29 is 0 Å². The maximum atomic E-state index is 6.24. The Kier molecular flexibility index (Phi) is 4.19. The molecule has 0 spiro atoms. The van der Waals surface area contributed by atoms with Crippen LogP contribution in [0, 0.1) is 0 Å². The third-order valence-corrected chi connectivity index (χ3v) is 4.68. The van der Waals surface area contributed by atoms with Crippen LogP contribution in [0.25, 0.3) is 15.5 Å². The molecule has 5 nitrogen and oxygen atoms in total. The highest BCUT2D eigenvalue weighted by Crippen LogP contribution is 2.31. The Morgan fingerprint density at radius 3 is 2.67 bits per heavy atom. The summed E-state index contributed by atoms with van der Waals surface area (Å²) >= 11 is 7.74. The minimum absolute atomic E-state index is 0.702. The quantitative estimate of drug-likeness (QED) is 0.723. The average molecular weight is 322 g/mol. The highest BCUT2D eigenvalue weighted by molar-refractivity contribution is 7.19. The van der Waals surface area contributed by atoms with E-state index < -0.39 is 0 Å². The lowest BCUT2D eigenvalue weighted by Gasteiger charge is -2.15. The summed E-state index contributed by atoms with van der Waals surface area (Å²) in [6.45, 7) is 6.98. The Hall–Kier alpha value is -1.50. The minimum atomic E-state index is 0.702. The molecular weight excluding hydrogens is 306 g/mol. The molecule has 21 heavy (non-hydrogen) atoms. The summed E-state index contributed by atoms with van der Waals surface area (Å²) in [6, 6.07) is 7.71. The van der Waals surface area contributed by atoms with Gasteiger partial charge in [-0.15, -0.1) is 10.2 Å². The molecule has 0 unspecified atom stereocenters. The van der Waals surface area contributed by atoms with Gasteiger partial charge in [0.1, 0.15) is 5.01 Å². The van der Waals surface area contributed by atoms with E-state index in [-0.39, 0.29) is 0 Å². The van der Waals surface area contributed by atoms with Gasteiger partial charge in [0.05, 0.1) is 11.6 Å². The van der Waals surface area contributed by atoms with Gasteiger partial charge in [-0.05, 0) is 19.2 Å². The van der Waals surface area contributed by atoms with Crippen molar-refractivity contribution in [3.05, 3.63) is 35.1 Å². The van der Waals surface area contributed by atoms with Crippen LogP contribution in [0.4, 0.5) is 0 Å². The number of hydrogen-bond acceptors (Lipinski definition) is 5. The van der Waals surface area contributed by atoms with Crippen LogP contribution in [0.1, 0.15) is 19.7 Å². The fourth-order valence-corrected chi connectivity index (χ4v) is 3.33. The smallest absolute Gasteiger partial charge is 0.235 e. The molecule has 0 aliphatic carbocycles. The van der Waals surface area contributed by atoms with Gasteiger partial charge < -0.3 is 0 Å². The largest absolute Gasteiger partial charge is 0.296 e. The van der Waals surface area contributed by atoms with Crippen LogP contribution in [0.15, 0.2) is 24.3 Å². The van der Waals surface area contributed by atoms with E-state index in [0.717, 1.165) is 41.0 Å². The van der Waals surface area contributed by atoms with Gasteiger partial charge in [0.25, 0.3) is 0 Å². The lowest BCUT2D eigenvalue weighted by Crippen LogP contribution is -2.23. The molecule has 0 aliphatic heterocycles. The molecule has 2 heterocycles. The second kappa shape index (κ2) is 6.09. The molecular formula is C14H16ClN5S. The van der Waals surface area contributed by atoms with Gasteiger partial charge in [-0.3, -0.25) is 4.90 Å². The SMILES string of the molecule is CCN(CC)Cc1nnc2sc(-c3ccccc3Cl)nn12. The lowest BCUT2D eigenvalue weighted by atomic mass is 10.2. The van der Waals surface area contributed by atoms with E-state index in [0.29, 0.717) is 5.02 Å². The van der Waals surface area contributed by atoms with Crippen molar-refractivity contribution in [2.24, 2.45) is 0 Å². The summed E-state index contributed by atoms with van der Waals surface area (Å²) in [5.74, 6) is 0.864. The first-order valence-electron chi connectivity index (χ1n) is 6.91. The fraction of sp³-hybridized carbons (Fsp3) is 0.357. The van der Waals surface area contributed by atoms with Gasteiger partial charge in [-0.1, -0.05) is 55.0 Å². The van der Waals surface area contributed by atoms with Crippen LogP contribution in [-0.4, -0.2) is 37.8 Å². The summed E-state index contributed by atoms with van der Waals surface area (Å²) in [5.41, 5.74) is 0.934. The average Bonchev–Trinajstić information content (AvgIpc) is 3.06. The second-order valence-corrected chi connectivity index (χ2v) is 6.02. The van der Waals surface area contributed by atoms with Crippen molar-refractivity contribution in [2.45, 2.75) is 20.4 Å². The summed E-state index contributed by atoms with van der Waals surface area (Å²) in [4.78, 5) is 3.08. The lowest BCUT2D eigenvalue weighted by molar-refractivity contribution is 0.286. The van der Waals surface area contributed by atoms with Crippen LogP contribution >= 0.6 is 22.9 Å². The molecule has 0 bridgehead atoms. The number of halogens is 1. The monoisotopic (exact) mass is 321 g/mol. The molecule has 0 saturated heterocycles. The van der Waals surface area contributed by atoms with Crippen LogP contribution in [0.3, 0.4) is 0 Å². The minimum Gasteiger partial charge on any atom is -0.296 e. The first kappa shape index (κ1) is 14.4. The number of aromatic nitrogens is 4. The third-order valence-electron chi connectivity index (χ3n) is 3.42. The Labute approximate surface area is 132 Å². The number of hydrogen-bond donors (Lipinski definition) is 0. The first-order chi connectivity index (χ1) is 10.2. The van der Waals surface area contributed by atoms with Crippen molar-refractivity contribution in [3.63, 3.8) is 0 Å². The summed E-state index contributed by atoms with van der Waals surface area (Å²) in [6.07, 6.45) is 0. The Bertz CT molecular complexity index is 747. The van der Waals surface area contributed by atoms with Gasteiger partial charge in [0, 0.05) is 5.56 Å². The molecule has 3 aromatic rings. The molecule has 0 N–H and O–H groups in total. The molecule has 0 atom stereocenters. The van der Waals surface area contributed by atoms with Crippen molar-refractivity contribution in [3.8, 4) is 10.6 Å².